The number of para-hydroxylation sites is 2. The molecule has 1 aliphatic rings. The molecule has 6 rings (SSSR count). The molecule has 4 nitrogen and oxygen atoms in total. The second kappa shape index (κ2) is 8.95. The first-order valence-electron chi connectivity index (χ1n) is 12.1. The third kappa shape index (κ3) is 4.02. The molecule has 0 atom stereocenters. The zero-order valence-corrected chi connectivity index (χ0v) is 20.1. The van der Waals surface area contributed by atoms with E-state index >= 15 is 0 Å². The van der Waals surface area contributed by atoms with Crippen LogP contribution >= 0.6 is 0 Å². The first-order valence-corrected chi connectivity index (χ1v) is 12.1. The fourth-order valence-electron chi connectivity index (χ4n) is 5.01. The van der Waals surface area contributed by atoms with Crippen molar-refractivity contribution in [1.29, 1.82) is 0 Å². The van der Waals surface area contributed by atoms with Gasteiger partial charge in [0, 0.05) is 39.0 Å². The van der Waals surface area contributed by atoms with Crippen LogP contribution in [0.3, 0.4) is 0 Å². The number of rotatable bonds is 4. The molecule has 0 radical (unpaired) electrons. The van der Waals surface area contributed by atoms with E-state index in [1.165, 1.54) is 11.0 Å². The summed E-state index contributed by atoms with van der Waals surface area (Å²) in [7, 11) is 0. The number of anilines is 2. The van der Waals surface area contributed by atoms with Crippen LogP contribution in [-0.2, 0) is 17.5 Å². The molecule has 188 valence electrons. The van der Waals surface area contributed by atoms with Crippen molar-refractivity contribution in [3.63, 3.8) is 0 Å². The second-order valence-corrected chi connectivity index (χ2v) is 9.21. The molecular formula is C31H22F3N3O. The number of nitrogen functional groups attached to an aromatic ring is 1. The zero-order chi connectivity index (χ0) is 26.4. The van der Waals surface area contributed by atoms with Crippen molar-refractivity contribution in [2.24, 2.45) is 0 Å². The Morgan fingerprint density at radius 2 is 1.55 bits per heavy atom. The van der Waals surface area contributed by atoms with E-state index in [0.717, 1.165) is 28.6 Å². The molecule has 0 saturated carbocycles. The number of nitrogens with zero attached hydrogens (tertiary/aromatic N) is 1. The maximum absolute atomic E-state index is 14.2. The summed E-state index contributed by atoms with van der Waals surface area (Å²) in [5, 5.41) is 0.939. The standard InChI is InChI=1S/C31H22F3N3O/c32-31(33,34)21-14-15-23-27(17-21)37(18-19-8-2-1-3-9-19)30(38)29(23)28(22-11-5-6-12-24(22)35)26-16-20-10-4-7-13-25(20)36-26/h1-17,36H,18,35H2. The lowest BCUT2D eigenvalue weighted by molar-refractivity contribution is -0.137. The van der Waals surface area contributed by atoms with E-state index in [1.54, 1.807) is 12.1 Å². The van der Waals surface area contributed by atoms with Crippen LogP contribution in [-0.4, -0.2) is 10.9 Å². The highest BCUT2D eigenvalue weighted by atomic mass is 19.4. The molecule has 0 fully saturated rings. The summed E-state index contributed by atoms with van der Waals surface area (Å²) >= 11 is 0. The van der Waals surface area contributed by atoms with Crippen molar-refractivity contribution in [2.45, 2.75) is 12.7 Å². The highest BCUT2D eigenvalue weighted by molar-refractivity contribution is 6.39. The number of aromatic nitrogens is 1. The summed E-state index contributed by atoms with van der Waals surface area (Å²) in [5.41, 5.74) is 10.5. The highest BCUT2D eigenvalue weighted by Crippen LogP contribution is 2.46. The Hall–Kier alpha value is -4.78. The van der Waals surface area contributed by atoms with Gasteiger partial charge in [-0.2, -0.15) is 13.2 Å². The minimum Gasteiger partial charge on any atom is -0.398 e. The lowest BCUT2D eigenvalue weighted by atomic mass is 9.91. The number of nitrogens with one attached hydrogen (secondary N) is 1. The fraction of sp³-hybridized carbons (Fsp3) is 0.0645. The average molecular weight is 510 g/mol. The lowest BCUT2D eigenvalue weighted by Crippen LogP contribution is -2.26. The van der Waals surface area contributed by atoms with Crippen LogP contribution in [0.15, 0.2) is 103 Å². The van der Waals surface area contributed by atoms with Gasteiger partial charge in [0.1, 0.15) is 0 Å². The molecule has 1 aliphatic heterocycles. The van der Waals surface area contributed by atoms with Crippen LogP contribution < -0.4 is 10.6 Å². The van der Waals surface area contributed by atoms with Gasteiger partial charge in [0.25, 0.3) is 5.91 Å². The molecule has 4 aromatic carbocycles. The monoisotopic (exact) mass is 509 g/mol. The molecule has 5 aromatic rings. The van der Waals surface area contributed by atoms with Gasteiger partial charge in [0.15, 0.2) is 0 Å². The maximum atomic E-state index is 14.2. The van der Waals surface area contributed by atoms with E-state index in [4.69, 9.17) is 5.73 Å². The molecule has 38 heavy (non-hydrogen) atoms. The summed E-state index contributed by atoms with van der Waals surface area (Å²) < 4.78 is 41.2. The molecule has 1 amide bonds. The normalized spacial score (nSPS) is 14.7. The van der Waals surface area contributed by atoms with Crippen LogP contribution in [0.2, 0.25) is 0 Å². The smallest absolute Gasteiger partial charge is 0.398 e. The van der Waals surface area contributed by atoms with E-state index in [2.05, 4.69) is 4.98 Å². The fourth-order valence-corrected chi connectivity index (χ4v) is 5.01. The zero-order valence-electron chi connectivity index (χ0n) is 20.1. The van der Waals surface area contributed by atoms with Gasteiger partial charge in [0.2, 0.25) is 0 Å². The van der Waals surface area contributed by atoms with Gasteiger partial charge in [-0.05, 0) is 35.9 Å². The van der Waals surface area contributed by atoms with Gasteiger partial charge in [0.05, 0.1) is 23.4 Å². The van der Waals surface area contributed by atoms with E-state index in [-0.39, 0.29) is 18.1 Å². The maximum Gasteiger partial charge on any atom is 0.416 e. The number of hydrogen-bond acceptors (Lipinski definition) is 2. The number of alkyl halides is 3. The minimum atomic E-state index is -4.55. The molecule has 0 bridgehead atoms. The first kappa shape index (κ1) is 23.6. The molecule has 0 saturated heterocycles. The molecule has 1 aromatic heterocycles. The molecule has 2 heterocycles. The lowest BCUT2D eigenvalue weighted by Gasteiger charge is -2.19. The third-order valence-corrected chi connectivity index (χ3v) is 6.81. The van der Waals surface area contributed by atoms with Crippen molar-refractivity contribution in [1.82, 2.24) is 4.98 Å². The number of H-pyrrole nitrogens is 1. The Kier molecular flexibility index (Phi) is 5.56. The minimum absolute atomic E-state index is 0.127. The number of hydrogen-bond donors (Lipinski definition) is 2. The summed E-state index contributed by atoms with van der Waals surface area (Å²) in [6, 6.07) is 29.5. The number of amides is 1. The summed E-state index contributed by atoms with van der Waals surface area (Å²) in [5.74, 6) is -0.389. The van der Waals surface area contributed by atoms with Crippen LogP contribution in [0.5, 0.6) is 0 Å². The Morgan fingerprint density at radius 1 is 0.842 bits per heavy atom. The number of carbonyl (C=O) groups is 1. The van der Waals surface area contributed by atoms with Gasteiger partial charge >= 0.3 is 6.18 Å². The molecule has 3 N–H and O–H groups in total. The van der Waals surface area contributed by atoms with Crippen molar-refractivity contribution in [2.75, 3.05) is 10.6 Å². The van der Waals surface area contributed by atoms with Crippen LogP contribution in [0.1, 0.15) is 27.9 Å². The Labute approximate surface area is 216 Å². The number of carbonyl (C=O) groups excluding carboxylic acids is 1. The van der Waals surface area contributed by atoms with Gasteiger partial charge in [-0.3, -0.25) is 4.79 Å². The van der Waals surface area contributed by atoms with Crippen LogP contribution in [0.4, 0.5) is 24.5 Å². The third-order valence-electron chi connectivity index (χ3n) is 6.81. The molecular weight excluding hydrogens is 487 g/mol. The average Bonchev–Trinajstić information content (AvgIpc) is 3.45. The second-order valence-electron chi connectivity index (χ2n) is 9.21. The molecule has 0 unspecified atom stereocenters. The van der Waals surface area contributed by atoms with E-state index in [0.29, 0.717) is 33.7 Å². The van der Waals surface area contributed by atoms with Crippen LogP contribution in [0.25, 0.3) is 22.0 Å². The molecule has 0 aliphatic carbocycles. The van der Waals surface area contributed by atoms with Crippen molar-refractivity contribution in [3.05, 3.63) is 131 Å². The predicted octanol–water partition coefficient (Wildman–Crippen LogP) is 7.27. The summed E-state index contributed by atoms with van der Waals surface area (Å²) in [4.78, 5) is 19.0. The van der Waals surface area contributed by atoms with Gasteiger partial charge in [-0.1, -0.05) is 72.8 Å². The van der Waals surface area contributed by atoms with Crippen LogP contribution in [0, 0.1) is 0 Å². The topological polar surface area (TPSA) is 62.1 Å². The van der Waals surface area contributed by atoms with E-state index < -0.39 is 11.7 Å². The number of benzene rings is 4. The first-order chi connectivity index (χ1) is 18.3. The number of nitrogens with two attached hydrogens (primary N) is 1. The van der Waals surface area contributed by atoms with E-state index in [9.17, 15) is 18.0 Å². The van der Waals surface area contributed by atoms with E-state index in [1.807, 2.05) is 72.8 Å². The Morgan fingerprint density at radius 3 is 2.29 bits per heavy atom. The van der Waals surface area contributed by atoms with Gasteiger partial charge in [-0.15, -0.1) is 0 Å². The number of aromatic amines is 1. The summed E-state index contributed by atoms with van der Waals surface area (Å²) in [6.07, 6.45) is -4.55. The van der Waals surface area contributed by atoms with Crippen molar-refractivity contribution in [3.8, 4) is 0 Å². The van der Waals surface area contributed by atoms with Crippen molar-refractivity contribution < 1.29 is 18.0 Å². The summed E-state index contributed by atoms with van der Waals surface area (Å²) in [6.45, 7) is 0.127. The van der Waals surface area contributed by atoms with Crippen molar-refractivity contribution >= 4 is 39.3 Å². The van der Waals surface area contributed by atoms with Gasteiger partial charge in [-0.25, -0.2) is 0 Å². The largest absolute Gasteiger partial charge is 0.416 e. The predicted molar refractivity (Wildman–Crippen MR) is 144 cm³/mol. The number of fused-ring (bicyclic) bond motifs is 2. The molecule has 0 spiro atoms. The Balaban J connectivity index is 1.65. The van der Waals surface area contributed by atoms with Gasteiger partial charge < -0.3 is 15.6 Å². The number of halogens is 3. The Bertz CT molecular complexity index is 1680. The SMILES string of the molecule is Nc1ccccc1C(=C1C(=O)N(Cc2ccccc2)c2cc(C(F)(F)F)ccc21)c1cc2ccccc2[nH]1. The molecule has 7 heteroatoms. The quantitative estimate of drug-likeness (QED) is 0.198. The highest BCUT2D eigenvalue weighted by Gasteiger charge is 2.39.